The maximum atomic E-state index is 13.1. The van der Waals surface area contributed by atoms with Crippen LogP contribution in [0.1, 0.15) is 110 Å². The maximum Gasteiger partial charge on any atom is 0.397 e. The Kier molecular flexibility index (Phi) is 10.6. The number of allylic oxidation sites excluding steroid dienone is 2. The van der Waals surface area contributed by atoms with E-state index in [9.17, 15) is 27.7 Å². The van der Waals surface area contributed by atoms with Gasteiger partial charge in [-0.2, -0.15) is 8.42 Å². The number of methoxy groups -OCH3 is 1. The van der Waals surface area contributed by atoms with Gasteiger partial charge in [0.25, 0.3) is 0 Å². The molecule has 3 saturated carbocycles. The summed E-state index contributed by atoms with van der Waals surface area (Å²) in [6.45, 7) is 15.4. The standard InChI is InChI=1S/C38H55NO8S/c1-22(24(3)35(40)39-34(36(41)42)26-10-12-27(46-7)13-11-26)8-9-23(2)29-16-17-31-28-14-15-30-25(4)33(47-48(43,44)45)19-21-38(30,6)32(28)18-20-37(29,31)5/h10-13,22-23,25,29-30,32-34H,3,8-9,14-21H2,1-2,4-7H3,(H,39,40)(H,41,42)(H,43,44,45)/t22?,23-,25+,29-,30+,32?,33+,34+,37-,38+/m1/s1. The molecular weight excluding hydrogens is 630 g/mol. The zero-order chi connectivity index (χ0) is 35.2. The number of carboxylic acids is 1. The third kappa shape index (κ3) is 6.99. The van der Waals surface area contributed by atoms with Crippen LogP contribution in [-0.4, -0.2) is 43.2 Å². The topological polar surface area (TPSA) is 139 Å². The number of fused-ring (bicyclic) bond motifs is 4. The second-order valence-corrected chi connectivity index (χ2v) is 16.8. The Morgan fingerprint density at radius 2 is 1.73 bits per heavy atom. The van der Waals surface area contributed by atoms with Crippen molar-refractivity contribution in [2.45, 2.75) is 111 Å². The van der Waals surface area contributed by atoms with Crippen molar-refractivity contribution >= 4 is 22.3 Å². The Hall–Kier alpha value is -2.69. The maximum absolute atomic E-state index is 13.1. The lowest BCUT2D eigenvalue weighted by atomic mass is 9.47. The summed E-state index contributed by atoms with van der Waals surface area (Å²) in [5.74, 6) is 0.925. The van der Waals surface area contributed by atoms with E-state index in [-0.39, 0.29) is 22.7 Å². The van der Waals surface area contributed by atoms with Gasteiger partial charge in [-0.15, -0.1) is 0 Å². The van der Waals surface area contributed by atoms with Crippen molar-refractivity contribution in [3.05, 3.63) is 53.1 Å². The number of ether oxygens (including phenoxy) is 1. The van der Waals surface area contributed by atoms with E-state index >= 15 is 0 Å². The number of carbonyl (C=O) groups is 2. The molecule has 0 heterocycles. The lowest BCUT2D eigenvalue weighted by Gasteiger charge is -2.58. The highest BCUT2D eigenvalue weighted by Crippen LogP contribution is 2.66. The monoisotopic (exact) mass is 685 g/mol. The first-order valence-corrected chi connectivity index (χ1v) is 19.1. The van der Waals surface area contributed by atoms with E-state index < -0.39 is 34.4 Å². The van der Waals surface area contributed by atoms with Crippen molar-refractivity contribution in [3.8, 4) is 5.75 Å². The van der Waals surface area contributed by atoms with Crippen LogP contribution in [0.15, 0.2) is 47.6 Å². The number of hydrogen-bond donors (Lipinski definition) is 3. The molecule has 1 aromatic carbocycles. The number of carbonyl (C=O) groups excluding carboxylic acids is 1. The van der Waals surface area contributed by atoms with Crippen molar-refractivity contribution in [1.82, 2.24) is 5.32 Å². The van der Waals surface area contributed by atoms with Crippen LogP contribution in [0.4, 0.5) is 0 Å². The Bertz CT molecular complexity index is 1540. The van der Waals surface area contributed by atoms with Crippen LogP contribution in [0.3, 0.4) is 0 Å². The molecule has 10 atom stereocenters. The number of amides is 1. The van der Waals surface area contributed by atoms with Crippen LogP contribution in [0, 0.1) is 46.3 Å². The average molecular weight is 686 g/mol. The predicted molar refractivity (Wildman–Crippen MR) is 184 cm³/mol. The Morgan fingerprint density at radius 3 is 2.35 bits per heavy atom. The molecule has 0 radical (unpaired) electrons. The summed E-state index contributed by atoms with van der Waals surface area (Å²) in [5, 5.41) is 12.5. The fourth-order valence-electron chi connectivity index (χ4n) is 10.6. The lowest BCUT2D eigenvalue weighted by molar-refractivity contribution is -0.141. The molecule has 0 saturated heterocycles. The van der Waals surface area contributed by atoms with Gasteiger partial charge in [0.1, 0.15) is 5.75 Å². The number of hydrogen-bond acceptors (Lipinski definition) is 6. The molecule has 1 aromatic rings. The van der Waals surface area contributed by atoms with Gasteiger partial charge in [-0.1, -0.05) is 64.5 Å². The van der Waals surface area contributed by atoms with E-state index in [4.69, 9.17) is 8.92 Å². The fraction of sp³-hybridized carbons (Fsp3) is 0.684. The molecule has 4 aliphatic rings. The molecule has 5 rings (SSSR count). The second-order valence-electron chi connectivity index (χ2n) is 15.8. The first-order chi connectivity index (χ1) is 22.5. The summed E-state index contributed by atoms with van der Waals surface area (Å²) in [7, 11) is -2.93. The molecule has 48 heavy (non-hydrogen) atoms. The van der Waals surface area contributed by atoms with Gasteiger partial charge >= 0.3 is 16.4 Å². The van der Waals surface area contributed by atoms with E-state index in [1.54, 1.807) is 42.5 Å². The van der Waals surface area contributed by atoms with Gasteiger partial charge < -0.3 is 15.2 Å². The lowest BCUT2D eigenvalue weighted by Crippen LogP contribution is -2.52. The molecule has 0 spiro atoms. The van der Waals surface area contributed by atoms with E-state index in [2.05, 4.69) is 39.6 Å². The quantitative estimate of drug-likeness (QED) is 0.116. The molecule has 3 N–H and O–H groups in total. The van der Waals surface area contributed by atoms with E-state index in [0.717, 1.165) is 51.4 Å². The van der Waals surface area contributed by atoms with Crippen molar-refractivity contribution < 1.29 is 36.6 Å². The normalized spacial score (nSPS) is 33.4. The summed E-state index contributed by atoms with van der Waals surface area (Å²) in [6.07, 6.45) is 9.54. The van der Waals surface area contributed by atoms with Gasteiger partial charge in [-0.25, -0.2) is 8.98 Å². The van der Waals surface area contributed by atoms with E-state index in [1.165, 1.54) is 6.42 Å². The first kappa shape index (κ1) is 36.6. The Balaban J connectivity index is 1.21. The van der Waals surface area contributed by atoms with E-state index in [1.807, 2.05) is 6.92 Å². The van der Waals surface area contributed by atoms with E-state index in [0.29, 0.717) is 47.0 Å². The zero-order valence-electron chi connectivity index (χ0n) is 29.5. The van der Waals surface area contributed by atoms with Crippen LogP contribution in [0.2, 0.25) is 0 Å². The van der Waals surface area contributed by atoms with Crippen molar-refractivity contribution in [2.24, 2.45) is 46.3 Å². The summed E-state index contributed by atoms with van der Waals surface area (Å²) in [4.78, 5) is 25.2. The van der Waals surface area contributed by atoms with Crippen molar-refractivity contribution in [1.29, 1.82) is 0 Å². The number of benzene rings is 1. The first-order valence-electron chi connectivity index (χ1n) is 17.7. The minimum Gasteiger partial charge on any atom is -0.497 e. The SMILES string of the molecule is C=C(C(=O)N[C@H](C(=O)O)c1ccc(OC)cc1)C(C)CC[C@@H](C)[C@H]1CCC2=C3CC[C@H]4[C@H](C)[C@@H](OS(=O)(=O)O)CC[C@]4(C)C3CC[C@@]21C. The largest absolute Gasteiger partial charge is 0.497 e. The molecule has 1 amide bonds. The van der Waals surface area contributed by atoms with Crippen LogP contribution < -0.4 is 10.1 Å². The molecule has 0 bridgehead atoms. The summed E-state index contributed by atoms with van der Waals surface area (Å²) < 4.78 is 42.7. The van der Waals surface area contributed by atoms with Gasteiger partial charge in [-0.3, -0.25) is 9.35 Å². The van der Waals surface area contributed by atoms with Gasteiger partial charge in [0.2, 0.25) is 5.91 Å². The van der Waals surface area contributed by atoms with Crippen LogP contribution in [0.25, 0.3) is 0 Å². The molecule has 0 aliphatic heterocycles. The average Bonchev–Trinajstić information content (AvgIpc) is 3.40. The number of aliphatic carboxylic acids is 1. The molecule has 2 unspecified atom stereocenters. The summed E-state index contributed by atoms with van der Waals surface area (Å²) >= 11 is 0. The van der Waals surface area contributed by atoms with Gasteiger partial charge in [0.15, 0.2) is 6.04 Å². The zero-order valence-corrected chi connectivity index (χ0v) is 30.3. The third-order valence-corrected chi connectivity index (χ3v) is 13.9. The highest BCUT2D eigenvalue weighted by atomic mass is 32.3. The highest BCUT2D eigenvalue weighted by molar-refractivity contribution is 7.80. The van der Waals surface area contributed by atoms with Crippen LogP contribution >= 0.6 is 0 Å². The van der Waals surface area contributed by atoms with Gasteiger partial charge in [-0.05, 0) is 128 Å². The summed E-state index contributed by atoms with van der Waals surface area (Å²) in [6, 6.07) is 5.47. The second kappa shape index (κ2) is 13.9. The molecule has 4 aliphatic carbocycles. The number of nitrogens with one attached hydrogen (secondary N) is 1. The molecular formula is C38H55NO8S. The minimum atomic E-state index is -4.47. The summed E-state index contributed by atoms with van der Waals surface area (Å²) in [5.41, 5.74) is 4.48. The minimum absolute atomic E-state index is 0.0677. The van der Waals surface area contributed by atoms with Crippen molar-refractivity contribution in [2.75, 3.05) is 7.11 Å². The molecule has 266 valence electrons. The van der Waals surface area contributed by atoms with Crippen molar-refractivity contribution in [3.63, 3.8) is 0 Å². The Morgan fingerprint density at radius 1 is 1.04 bits per heavy atom. The van der Waals surface area contributed by atoms with Gasteiger partial charge in [0, 0.05) is 5.57 Å². The third-order valence-electron chi connectivity index (χ3n) is 13.4. The fourth-order valence-corrected chi connectivity index (χ4v) is 11.2. The number of rotatable bonds is 12. The highest BCUT2D eigenvalue weighted by Gasteiger charge is 2.57. The molecule has 3 fully saturated rings. The molecule has 10 heteroatoms. The number of carboxylic acid groups (broad SMARTS) is 1. The Labute approximate surface area is 286 Å². The molecule has 9 nitrogen and oxygen atoms in total. The van der Waals surface area contributed by atoms with Gasteiger partial charge in [0.05, 0.1) is 13.2 Å². The smallest absolute Gasteiger partial charge is 0.397 e. The van der Waals surface area contributed by atoms with Crippen LogP contribution in [-0.2, 0) is 24.2 Å². The molecule has 0 aromatic heterocycles. The van der Waals surface area contributed by atoms with Crippen LogP contribution in [0.5, 0.6) is 5.75 Å². The predicted octanol–water partition coefficient (Wildman–Crippen LogP) is 7.70.